The second-order valence-electron chi connectivity index (χ2n) is 5.19. The van der Waals surface area contributed by atoms with Crippen molar-refractivity contribution in [3.8, 4) is 11.3 Å². The van der Waals surface area contributed by atoms with Crippen LogP contribution in [-0.4, -0.2) is 30.3 Å². The molecule has 8 heteroatoms. The van der Waals surface area contributed by atoms with E-state index in [0.717, 1.165) is 39.1 Å². The van der Waals surface area contributed by atoms with Crippen LogP contribution in [-0.2, 0) is 6.42 Å². The maximum atomic E-state index is 10.1. The number of anilines is 2. The van der Waals surface area contributed by atoms with Gasteiger partial charge in [0.1, 0.15) is 0 Å². The Morgan fingerprint density at radius 3 is 3.18 bits per heavy atom. The Morgan fingerprint density at radius 1 is 1.41 bits per heavy atom. The summed E-state index contributed by atoms with van der Waals surface area (Å²) in [5.74, 6) is 0.538. The lowest BCUT2D eigenvalue weighted by atomic mass is 10.1. The van der Waals surface area contributed by atoms with Crippen molar-refractivity contribution < 1.29 is 5.11 Å². The number of hydrogen-bond donors (Lipinski definition) is 3. The third-order valence-corrected chi connectivity index (χ3v) is 4.64. The van der Waals surface area contributed by atoms with Gasteiger partial charge in [0.25, 0.3) is 0 Å². The molecular weight excluding hydrogens is 300 g/mol. The van der Waals surface area contributed by atoms with E-state index in [1.807, 2.05) is 13.0 Å². The van der Waals surface area contributed by atoms with Gasteiger partial charge in [0.15, 0.2) is 5.13 Å². The van der Waals surface area contributed by atoms with E-state index >= 15 is 0 Å². The van der Waals surface area contributed by atoms with E-state index in [4.69, 9.17) is 0 Å². The molecule has 0 amide bonds. The van der Waals surface area contributed by atoms with Gasteiger partial charge in [-0.1, -0.05) is 0 Å². The predicted octanol–water partition coefficient (Wildman–Crippen LogP) is 2.35. The van der Waals surface area contributed by atoms with Crippen molar-refractivity contribution >= 4 is 22.4 Å². The molecule has 0 aromatic carbocycles. The van der Waals surface area contributed by atoms with Crippen molar-refractivity contribution in [2.75, 3.05) is 5.32 Å². The number of aliphatic hydroxyl groups is 1. The molecule has 3 aromatic rings. The summed E-state index contributed by atoms with van der Waals surface area (Å²) < 4.78 is 0. The van der Waals surface area contributed by atoms with E-state index in [9.17, 15) is 5.11 Å². The fourth-order valence-electron chi connectivity index (χ4n) is 2.54. The average Bonchev–Trinajstić information content (AvgIpc) is 3.09. The molecule has 0 fully saturated rings. The molecule has 0 spiro atoms. The molecule has 3 heterocycles. The van der Waals surface area contributed by atoms with Crippen LogP contribution in [0.2, 0.25) is 0 Å². The van der Waals surface area contributed by atoms with E-state index in [1.54, 1.807) is 23.7 Å². The number of aromatic nitrogens is 5. The van der Waals surface area contributed by atoms with Gasteiger partial charge in [0, 0.05) is 22.3 Å². The summed E-state index contributed by atoms with van der Waals surface area (Å²) in [6.07, 6.45) is 4.36. The molecule has 1 atom stereocenters. The molecule has 0 saturated carbocycles. The zero-order valence-corrected chi connectivity index (χ0v) is 12.7. The second-order valence-corrected chi connectivity index (χ2v) is 6.27. The number of aliphatic hydroxyl groups excluding tert-OH is 1. The van der Waals surface area contributed by atoms with Gasteiger partial charge >= 0.3 is 0 Å². The highest BCUT2D eigenvalue weighted by atomic mass is 32.1. The van der Waals surface area contributed by atoms with E-state index in [1.165, 1.54) is 0 Å². The van der Waals surface area contributed by atoms with Crippen LogP contribution in [0.3, 0.4) is 0 Å². The molecule has 0 aliphatic heterocycles. The van der Waals surface area contributed by atoms with Crippen molar-refractivity contribution in [3.05, 3.63) is 34.7 Å². The molecule has 7 nitrogen and oxygen atoms in total. The van der Waals surface area contributed by atoms with Crippen LogP contribution in [0.15, 0.2) is 18.5 Å². The number of nitrogens with zero attached hydrogens (tertiary/aromatic N) is 4. The van der Waals surface area contributed by atoms with Crippen molar-refractivity contribution in [3.63, 3.8) is 0 Å². The minimum absolute atomic E-state index is 0.518. The SMILES string of the molecule is Cc1ccnc(Nc2nc3c(s2)CCC(O)c2[nH]ncc2-3)n1. The number of hydrogen-bond acceptors (Lipinski definition) is 7. The van der Waals surface area contributed by atoms with Gasteiger partial charge in [-0.25, -0.2) is 15.0 Å². The van der Waals surface area contributed by atoms with E-state index < -0.39 is 6.10 Å². The van der Waals surface area contributed by atoms with Crippen LogP contribution in [0.25, 0.3) is 11.3 Å². The third kappa shape index (κ3) is 2.26. The van der Waals surface area contributed by atoms with Crippen molar-refractivity contribution in [2.45, 2.75) is 25.9 Å². The summed E-state index contributed by atoms with van der Waals surface area (Å²) in [6, 6.07) is 1.85. The molecule has 1 aliphatic rings. The van der Waals surface area contributed by atoms with E-state index in [2.05, 4.69) is 30.5 Å². The Hall–Kier alpha value is -2.32. The number of fused-ring (bicyclic) bond motifs is 3. The lowest BCUT2D eigenvalue weighted by Gasteiger charge is -2.05. The van der Waals surface area contributed by atoms with Gasteiger partial charge in [-0.3, -0.25) is 5.10 Å². The Bertz CT molecular complexity index is 826. The molecular formula is C14H14N6OS. The molecule has 0 saturated heterocycles. The number of H-pyrrole nitrogens is 1. The lowest BCUT2D eigenvalue weighted by Crippen LogP contribution is -1.99. The summed E-state index contributed by atoms with van der Waals surface area (Å²) in [4.78, 5) is 14.3. The Labute approximate surface area is 130 Å². The molecule has 3 aromatic heterocycles. The van der Waals surface area contributed by atoms with Gasteiger partial charge in [0.2, 0.25) is 5.95 Å². The number of nitrogens with one attached hydrogen (secondary N) is 2. The minimum Gasteiger partial charge on any atom is -0.387 e. The fraction of sp³-hybridized carbons (Fsp3) is 0.286. The average molecular weight is 314 g/mol. The fourth-order valence-corrected chi connectivity index (χ4v) is 3.53. The highest BCUT2D eigenvalue weighted by molar-refractivity contribution is 7.16. The number of thiazole rings is 1. The Morgan fingerprint density at radius 2 is 2.32 bits per heavy atom. The van der Waals surface area contributed by atoms with Gasteiger partial charge in [-0.05, 0) is 25.8 Å². The zero-order valence-electron chi connectivity index (χ0n) is 11.9. The number of aromatic amines is 1. The van der Waals surface area contributed by atoms with Gasteiger partial charge in [-0.2, -0.15) is 5.10 Å². The first-order valence-corrected chi connectivity index (χ1v) is 7.80. The summed E-state index contributed by atoms with van der Waals surface area (Å²) >= 11 is 1.56. The molecule has 22 heavy (non-hydrogen) atoms. The second kappa shape index (κ2) is 5.15. The maximum Gasteiger partial charge on any atom is 0.229 e. The van der Waals surface area contributed by atoms with Crippen LogP contribution in [0, 0.1) is 6.92 Å². The zero-order chi connectivity index (χ0) is 15.1. The quantitative estimate of drug-likeness (QED) is 0.671. The van der Waals surface area contributed by atoms with E-state index in [0.29, 0.717) is 12.4 Å². The largest absolute Gasteiger partial charge is 0.387 e. The maximum absolute atomic E-state index is 10.1. The molecule has 0 radical (unpaired) electrons. The van der Waals surface area contributed by atoms with Crippen LogP contribution >= 0.6 is 11.3 Å². The standard InChI is InChI=1S/C14H14N6OS/c1-7-4-5-15-13(17-7)19-14-18-12-8-6-16-20-11(8)9(21)2-3-10(12)22-14/h4-6,9,21H,2-3H2,1H3,(H,16,20)(H,15,17,18,19). The summed E-state index contributed by atoms with van der Waals surface area (Å²) in [7, 11) is 0. The number of rotatable bonds is 2. The van der Waals surface area contributed by atoms with Crippen molar-refractivity contribution in [1.82, 2.24) is 25.1 Å². The van der Waals surface area contributed by atoms with Gasteiger partial charge < -0.3 is 10.4 Å². The number of aryl methyl sites for hydroxylation is 2. The first kappa shape index (κ1) is 13.4. The topological polar surface area (TPSA) is 99.6 Å². The van der Waals surface area contributed by atoms with Crippen molar-refractivity contribution in [1.29, 1.82) is 0 Å². The molecule has 1 aliphatic carbocycles. The van der Waals surface area contributed by atoms with Gasteiger partial charge in [-0.15, -0.1) is 11.3 Å². The van der Waals surface area contributed by atoms with Crippen LogP contribution in [0.5, 0.6) is 0 Å². The van der Waals surface area contributed by atoms with Crippen LogP contribution < -0.4 is 5.32 Å². The van der Waals surface area contributed by atoms with Gasteiger partial charge in [0.05, 0.1) is 23.7 Å². The molecule has 1 unspecified atom stereocenters. The lowest BCUT2D eigenvalue weighted by molar-refractivity contribution is 0.165. The monoisotopic (exact) mass is 314 g/mol. The molecule has 0 bridgehead atoms. The first-order valence-electron chi connectivity index (χ1n) is 6.99. The normalized spacial score (nSPS) is 16.7. The smallest absolute Gasteiger partial charge is 0.229 e. The Kier molecular flexibility index (Phi) is 3.12. The van der Waals surface area contributed by atoms with Crippen LogP contribution in [0.4, 0.5) is 11.1 Å². The summed E-state index contributed by atoms with van der Waals surface area (Å²) in [6.45, 7) is 1.92. The highest BCUT2D eigenvalue weighted by Gasteiger charge is 2.25. The van der Waals surface area contributed by atoms with Crippen LogP contribution in [0.1, 0.15) is 28.8 Å². The highest BCUT2D eigenvalue weighted by Crippen LogP contribution is 2.39. The minimum atomic E-state index is -0.518. The molecule has 4 rings (SSSR count). The predicted molar refractivity (Wildman–Crippen MR) is 83.0 cm³/mol. The first-order chi connectivity index (χ1) is 10.7. The van der Waals surface area contributed by atoms with Crippen molar-refractivity contribution in [2.24, 2.45) is 0 Å². The summed E-state index contributed by atoms with van der Waals surface area (Å²) in [5, 5.41) is 20.9. The Balaban J connectivity index is 1.71. The molecule has 112 valence electrons. The van der Waals surface area contributed by atoms with E-state index in [-0.39, 0.29) is 0 Å². The molecule has 3 N–H and O–H groups in total. The third-order valence-electron chi connectivity index (χ3n) is 3.61. The summed E-state index contributed by atoms with van der Waals surface area (Å²) in [5.41, 5.74) is 3.38.